The van der Waals surface area contributed by atoms with Gasteiger partial charge in [0, 0.05) is 0 Å². The summed E-state index contributed by atoms with van der Waals surface area (Å²) in [6.45, 7) is 3.20. The molecule has 122 valence electrons. The van der Waals surface area contributed by atoms with E-state index in [4.69, 9.17) is 14.2 Å². The van der Waals surface area contributed by atoms with Gasteiger partial charge in [-0.05, 0) is 30.5 Å². The summed E-state index contributed by atoms with van der Waals surface area (Å²) in [7, 11) is 1.55. The van der Waals surface area contributed by atoms with Gasteiger partial charge in [0.05, 0.1) is 26.9 Å². The van der Waals surface area contributed by atoms with Gasteiger partial charge in [-0.15, -0.1) is 0 Å². The Bertz CT molecular complexity index is 623. The van der Waals surface area contributed by atoms with Crippen molar-refractivity contribution in [2.45, 2.75) is 20.0 Å². The first-order valence-electron chi connectivity index (χ1n) is 7.71. The van der Waals surface area contributed by atoms with Crippen LogP contribution in [0.15, 0.2) is 48.5 Å². The zero-order valence-electron chi connectivity index (χ0n) is 13.6. The van der Waals surface area contributed by atoms with Crippen LogP contribution in [0.5, 0.6) is 5.75 Å². The molecular weight excluding hydrogens is 292 g/mol. The molecule has 2 aromatic rings. The molecule has 0 N–H and O–H groups in total. The molecule has 0 saturated carbocycles. The van der Waals surface area contributed by atoms with Crippen LogP contribution in [-0.2, 0) is 22.5 Å². The highest BCUT2D eigenvalue weighted by atomic mass is 16.5. The van der Waals surface area contributed by atoms with Crippen molar-refractivity contribution in [3.63, 3.8) is 0 Å². The van der Waals surface area contributed by atoms with Crippen LogP contribution in [0.4, 0.5) is 0 Å². The second kappa shape index (κ2) is 8.96. The number of rotatable bonds is 8. The Balaban J connectivity index is 2.00. The Morgan fingerprint density at radius 2 is 1.83 bits per heavy atom. The number of carbonyl (C=O) groups is 1. The van der Waals surface area contributed by atoms with Gasteiger partial charge in [-0.3, -0.25) is 0 Å². The molecule has 0 aliphatic carbocycles. The molecule has 0 bridgehead atoms. The van der Waals surface area contributed by atoms with E-state index >= 15 is 0 Å². The maximum atomic E-state index is 12.2. The second-order valence-electron chi connectivity index (χ2n) is 5.00. The molecule has 0 aliphatic heterocycles. The van der Waals surface area contributed by atoms with E-state index in [2.05, 4.69) is 0 Å². The Morgan fingerprint density at radius 1 is 1.04 bits per heavy atom. The highest BCUT2D eigenvalue weighted by molar-refractivity contribution is 5.94. The first kappa shape index (κ1) is 17.0. The Morgan fingerprint density at radius 3 is 2.52 bits per heavy atom. The van der Waals surface area contributed by atoms with Crippen molar-refractivity contribution >= 4 is 5.97 Å². The zero-order valence-corrected chi connectivity index (χ0v) is 13.6. The van der Waals surface area contributed by atoms with Gasteiger partial charge in [-0.1, -0.05) is 42.5 Å². The summed E-state index contributed by atoms with van der Waals surface area (Å²) < 4.78 is 16.1. The topological polar surface area (TPSA) is 44.8 Å². The standard InChI is InChI=1S/C19H22O4/c1-3-23-19(20)18-16(10-7-11-17(18)21-2)12-13-22-14-15-8-5-4-6-9-15/h4-11H,3,12-14H2,1-2H3. The number of methoxy groups -OCH3 is 1. The lowest BCUT2D eigenvalue weighted by Crippen LogP contribution is -2.11. The predicted molar refractivity (Wildman–Crippen MR) is 88.8 cm³/mol. The van der Waals surface area contributed by atoms with E-state index < -0.39 is 0 Å². The molecule has 4 heteroatoms. The predicted octanol–water partition coefficient (Wildman–Crippen LogP) is 3.63. The van der Waals surface area contributed by atoms with Crippen molar-refractivity contribution in [1.82, 2.24) is 0 Å². The van der Waals surface area contributed by atoms with Gasteiger partial charge in [0.25, 0.3) is 0 Å². The lowest BCUT2D eigenvalue weighted by molar-refractivity contribution is 0.0520. The van der Waals surface area contributed by atoms with E-state index in [1.165, 1.54) is 0 Å². The van der Waals surface area contributed by atoms with Crippen molar-refractivity contribution in [1.29, 1.82) is 0 Å². The van der Waals surface area contributed by atoms with Crippen molar-refractivity contribution in [3.05, 3.63) is 65.2 Å². The summed E-state index contributed by atoms with van der Waals surface area (Å²) >= 11 is 0. The average molecular weight is 314 g/mol. The van der Waals surface area contributed by atoms with Crippen LogP contribution < -0.4 is 4.74 Å². The Hall–Kier alpha value is -2.33. The highest BCUT2D eigenvalue weighted by Crippen LogP contribution is 2.24. The quantitative estimate of drug-likeness (QED) is 0.551. The summed E-state index contributed by atoms with van der Waals surface area (Å²) in [6.07, 6.45) is 0.623. The fraction of sp³-hybridized carbons (Fsp3) is 0.316. The van der Waals surface area contributed by atoms with Crippen molar-refractivity contribution < 1.29 is 19.0 Å². The lowest BCUT2D eigenvalue weighted by atomic mass is 10.0. The van der Waals surface area contributed by atoms with Gasteiger partial charge in [-0.2, -0.15) is 0 Å². The van der Waals surface area contributed by atoms with E-state index in [9.17, 15) is 4.79 Å². The first-order chi connectivity index (χ1) is 11.3. The van der Waals surface area contributed by atoms with Crippen molar-refractivity contribution in [2.24, 2.45) is 0 Å². The number of esters is 1. The smallest absolute Gasteiger partial charge is 0.342 e. The number of hydrogen-bond donors (Lipinski definition) is 0. The van der Waals surface area contributed by atoms with Crippen LogP contribution in [-0.4, -0.2) is 26.3 Å². The molecule has 4 nitrogen and oxygen atoms in total. The Kier molecular flexibility index (Phi) is 6.63. The molecule has 0 radical (unpaired) electrons. The lowest BCUT2D eigenvalue weighted by Gasteiger charge is -2.13. The highest BCUT2D eigenvalue weighted by Gasteiger charge is 2.18. The summed E-state index contributed by atoms with van der Waals surface area (Å²) in [4.78, 5) is 12.2. The molecule has 23 heavy (non-hydrogen) atoms. The third-order valence-corrected chi connectivity index (χ3v) is 3.44. The van der Waals surface area contributed by atoms with Gasteiger partial charge >= 0.3 is 5.97 Å². The van der Waals surface area contributed by atoms with E-state index in [1.54, 1.807) is 20.1 Å². The van der Waals surface area contributed by atoms with Crippen LogP contribution in [0.25, 0.3) is 0 Å². The zero-order chi connectivity index (χ0) is 16.5. The third kappa shape index (κ3) is 4.83. The van der Waals surface area contributed by atoms with Crippen molar-refractivity contribution in [2.75, 3.05) is 20.3 Å². The summed E-state index contributed by atoms with van der Waals surface area (Å²) in [6, 6.07) is 15.5. The van der Waals surface area contributed by atoms with E-state index in [1.807, 2.05) is 42.5 Å². The summed E-state index contributed by atoms with van der Waals surface area (Å²) in [5.41, 5.74) is 2.49. The molecule has 2 aromatic carbocycles. The van der Waals surface area contributed by atoms with E-state index in [0.29, 0.717) is 37.6 Å². The summed E-state index contributed by atoms with van der Waals surface area (Å²) in [5, 5.41) is 0. The van der Waals surface area contributed by atoms with E-state index in [0.717, 1.165) is 11.1 Å². The molecule has 0 spiro atoms. The van der Waals surface area contributed by atoms with Crippen LogP contribution in [0.3, 0.4) is 0 Å². The van der Waals surface area contributed by atoms with Gasteiger partial charge in [0.1, 0.15) is 11.3 Å². The normalized spacial score (nSPS) is 10.3. The molecule has 0 fully saturated rings. The van der Waals surface area contributed by atoms with Crippen molar-refractivity contribution in [3.8, 4) is 5.75 Å². The second-order valence-corrected chi connectivity index (χ2v) is 5.00. The number of ether oxygens (including phenoxy) is 3. The number of hydrogen-bond acceptors (Lipinski definition) is 4. The molecule has 0 aliphatic rings. The van der Waals surface area contributed by atoms with E-state index in [-0.39, 0.29) is 5.97 Å². The molecule has 0 heterocycles. The fourth-order valence-corrected chi connectivity index (χ4v) is 2.34. The van der Waals surface area contributed by atoms with Crippen LogP contribution >= 0.6 is 0 Å². The number of carbonyl (C=O) groups excluding carboxylic acids is 1. The van der Waals surface area contributed by atoms with Crippen LogP contribution in [0.1, 0.15) is 28.4 Å². The average Bonchev–Trinajstić information content (AvgIpc) is 2.59. The monoisotopic (exact) mass is 314 g/mol. The maximum absolute atomic E-state index is 12.2. The fourth-order valence-electron chi connectivity index (χ4n) is 2.34. The maximum Gasteiger partial charge on any atom is 0.342 e. The minimum atomic E-state index is -0.358. The van der Waals surface area contributed by atoms with Gasteiger partial charge in [-0.25, -0.2) is 4.79 Å². The molecule has 0 unspecified atom stereocenters. The summed E-state index contributed by atoms with van der Waals surface area (Å²) in [5.74, 6) is 0.173. The first-order valence-corrected chi connectivity index (χ1v) is 7.71. The Labute approximate surface area is 137 Å². The van der Waals surface area contributed by atoms with Crippen LogP contribution in [0, 0.1) is 0 Å². The van der Waals surface area contributed by atoms with Gasteiger partial charge in [0.15, 0.2) is 0 Å². The molecule has 0 atom stereocenters. The third-order valence-electron chi connectivity index (χ3n) is 3.44. The largest absolute Gasteiger partial charge is 0.496 e. The molecular formula is C19H22O4. The number of benzene rings is 2. The van der Waals surface area contributed by atoms with Crippen LogP contribution in [0.2, 0.25) is 0 Å². The molecule has 0 saturated heterocycles. The molecule has 2 rings (SSSR count). The SMILES string of the molecule is CCOC(=O)c1c(CCOCc2ccccc2)cccc1OC. The van der Waals surface area contributed by atoms with Gasteiger partial charge < -0.3 is 14.2 Å². The minimum absolute atomic E-state index is 0.334. The van der Waals surface area contributed by atoms with Gasteiger partial charge in [0.2, 0.25) is 0 Å². The molecule has 0 aromatic heterocycles. The minimum Gasteiger partial charge on any atom is -0.496 e. The molecule has 0 amide bonds.